The van der Waals surface area contributed by atoms with Crippen LogP contribution in [0.1, 0.15) is 18.5 Å². The zero-order valence-corrected chi connectivity index (χ0v) is 17.9. The Morgan fingerprint density at radius 1 is 0.969 bits per heavy atom. The summed E-state index contributed by atoms with van der Waals surface area (Å²) in [6, 6.07) is 19.6. The van der Waals surface area contributed by atoms with Crippen LogP contribution in [0.15, 0.2) is 73.2 Å². The smallest absolute Gasteiger partial charge is 0.225 e. The minimum atomic E-state index is 0.0701. The molecule has 0 radical (unpaired) electrons. The SMILES string of the molecule is CC(Nc1nccc(-n2cnc3cc(-c4cc(Cl)nc(N)n4)ccc32)n1)c1ccccc1. The molecular formula is C23H19ClN8. The van der Waals surface area contributed by atoms with Gasteiger partial charge < -0.3 is 11.1 Å². The molecular weight excluding hydrogens is 424 g/mol. The van der Waals surface area contributed by atoms with E-state index in [-0.39, 0.29) is 12.0 Å². The Hall–Kier alpha value is -4.04. The molecule has 3 aromatic heterocycles. The molecule has 1 unspecified atom stereocenters. The van der Waals surface area contributed by atoms with E-state index in [0.29, 0.717) is 22.6 Å². The monoisotopic (exact) mass is 442 g/mol. The first kappa shape index (κ1) is 19.9. The van der Waals surface area contributed by atoms with Crippen molar-refractivity contribution in [3.63, 3.8) is 0 Å². The van der Waals surface area contributed by atoms with Crippen LogP contribution in [0.5, 0.6) is 0 Å². The van der Waals surface area contributed by atoms with Crippen LogP contribution in [-0.2, 0) is 0 Å². The van der Waals surface area contributed by atoms with E-state index in [9.17, 15) is 0 Å². The molecule has 0 aliphatic heterocycles. The molecule has 0 saturated heterocycles. The maximum atomic E-state index is 6.02. The fourth-order valence-corrected chi connectivity index (χ4v) is 3.70. The molecule has 158 valence electrons. The van der Waals surface area contributed by atoms with E-state index < -0.39 is 0 Å². The first-order valence-corrected chi connectivity index (χ1v) is 10.4. The molecule has 1 atom stereocenters. The van der Waals surface area contributed by atoms with E-state index in [1.165, 1.54) is 0 Å². The number of nitrogens with one attached hydrogen (secondary N) is 1. The largest absolute Gasteiger partial charge is 0.368 e. The topological polar surface area (TPSA) is 107 Å². The van der Waals surface area contributed by atoms with Gasteiger partial charge in [-0.25, -0.2) is 19.9 Å². The van der Waals surface area contributed by atoms with Crippen molar-refractivity contribution in [2.75, 3.05) is 11.1 Å². The van der Waals surface area contributed by atoms with Crippen LogP contribution in [0.2, 0.25) is 5.15 Å². The van der Waals surface area contributed by atoms with Crippen LogP contribution in [0.25, 0.3) is 28.1 Å². The number of hydrogen-bond donors (Lipinski definition) is 2. The Bertz CT molecular complexity index is 1380. The van der Waals surface area contributed by atoms with Crippen molar-refractivity contribution in [3.8, 4) is 17.1 Å². The minimum Gasteiger partial charge on any atom is -0.368 e. The first-order valence-electron chi connectivity index (χ1n) is 9.99. The zero-order chi connectivity index (χ0) is 22.1. The second-order valence-corrected chi connectivity index (χ2v) is 7.65. The summed E-state index contributed by atoms with van der Waals surface area (Å²) in [5.74, 6) is 1.39. The molecule has 0 amide bonds. The van der Waals surface area contributed by atoms with Crippen LogP contribution >= 0.6 is 11.6 Å². The van der Waals surface area contributed by atoms with E-state index in [1.54, 1.807) is 18.6 Å². The third kappa shape index (κ3) is 3.95. The van der Waals surface area contributed by atoms with Gasteiger partial charge in [0.05, 0.1) is 22.8 Å². The third-order valence-corrected chi connectivity index (χ3v) is 5.28. The summed E-state index contributed by atoms with van der Waals surface area (Å²) >= 11 is 6.02. The maximum Gasteiger partial charge on any atom is 0.225 e. The van der Waals surface area contributed by atoms with Gasteiger partial charge in [-0.05, 0) is 30.7 Å². The van der Waals surface area contributed by atoms with E-state index >= 15 is 0 Å². The van der Waals surface area contributed by atoms with Crippen LogP contribution < -0.4 is 11.1 Å². The molecule has 0 aliphatic rings. The number of hydrogen-bond acceptors (Lipinski definition) is 7. The lowest BCUT2D eigenvalue weighted by atomic mass is 10.1. The number of nitrogens with zero attached hydrogens (tertiary/aromatic N) is 6. The molecule has 2 aromatic carbocycles. The highest BCUT2D eigenvalue weighted by molar-refractivity contribution is 6.29. The normalized spacial score (nSPS) is 12.1. The number of aromatic nitrogens is 6. The van der Waals surface area contributed by atoms with Crippen LogP contribution in [-0.4, -0.2) is 29.5 Å². The number of nitrogen functional groups attached to an aromatic ring is 1. The lowest BCUT2D eigenvalue weighted by Gasteiger charge is -2.14. The summed E-state index contributed by atoms with van der Waals surface area (Å²) in [6.45, 7) is 2.08. The average molecular weight is 443 g/mol. The molecule has 5 aromatic rings. The van der Waals surface area contributed by atoms with Gasteiger partial charge >= 0.3 is 0 Å². The quantitative estimate of drug-likeness (QED) is 0.380. The van der Waals surface area contributed by atoms with Crippen LogP contribution in [0, 0.1) is 0 Å². The summed E-state index contributed by atoms with van der Waals surface area (Å²) in [5.41, 5.74) is 10.1. The Morgan fingerprint density at radius 2 is 1.81 bits per heavy atom. The van der Waals surface area contributed by atoms with Gasteiger partial charge in [-0.3, -0.25) is 4.57 Å². The Balaban J connectivity index is 1.45. The zero-order valence-electron chi connectivity index (χ0n) is 17.1. The lowest BCUT2D eigenvalue weighted by molar-refractivity contribution is 0.854. The summed E-state index contributed by atoms with van der Waals surface area (Å²) in [5, 5.41) is 3.65. The Kier molecular flexibility index (Phi) is 5.12. The van der Waals surface area contributed by atoms with Gasteiger partial charge in [-0.1, -0.05) is 48.0 Å². The predicted octanol–water partition coefficient (Wildman–Crippen LogP) is 4.68. The van der Waals surface area contributed by atoms with Gasteiger partial charge in [0.25, 0.3) is 0 Å². The molecule has 0 fully saturated rings. The van der Waals surface area contributed by atoms with Crippen molar-refractivity contribution in [2.24, 2.45) is 0 Å². The number of fused-ring (bicyclic) bond motifs is 1. The number of benzene rings is 2. The molecule has 8 nitrogen and oxygen atoms in total. The molecule has 9 heteroatoms. The van der Waals surface area contributed by atoms with E-state index in [1.807, 2.05) is 47.0 Å². The van der Waals surface area contributed by atoms with Gasteiger partial charge in [0.2, 0.25) is 11.9 Å². The van der Waals surface area contributed by atoms with Gasteiger partial charge in [-0.2, -0.15) is 4.98 Å². The van der Waals surface area contributed by atoms with E-state index in [0.717, 1.165) is 22.2 Å². The van der Waals surface area contributed by atoms with Crippen molar-refractivity contribution in [1.29, 1.82) is 0 Å². The molecule has 0 saturated carbocycles. The Morgan fingerprint density at radius 3 is 2.62 bits per heavy atom. The second-order valence-electron chi connectivity index (χ2n) is 7.27. The maximum absolute atomic E-state index is 6.02. The number of nitrogens with two attached hydrogens (primary N) is 1. The predicted molar refractivity (Wildman–Crippen MR) is 126 cm³/mol. The second kappa shape index (κ2) is 8.24. The third-order valence-electron chi connectivity index (χ3n) is 5.09. The van der Waals surface area contributed by atoms with Gasteiger partial charge in [0, 0.05) is 17.8 Å². The molecule has 3 N–H and O–H groups in total. The van der Waals surface area contributed by atoms with E-state index in [4.69, 9.17) is 17.3 Å². The van der Waals surface area contributed by atoms with E-state index in [2.05, 4.69) is 49.3 Å². The van der Waals surface area contributed by atoms with Crippen LogP contribution in [0.3, 0.4) is 0 Å². The highest BCUT2D eigenvalue weighted by atomic mass is 35.5. The number of halogens is 1. The fraction of sp³-hybridized carbons (Fsp3) is 0.0870. The van der Waals surface area contributed by atoms with Gasteiger partial charge in [0.1, 0.15) is 17.3 Å². The average Bonchev–Trinajstić information content (AvgIpc) is 3.22. The van der Waals surface area contributed by atoms with Crippen molar-refractivity contribution in [3.05, 3.63) is 83.9 Å². The highest BCUT2D eigenvalue weighted by Crippen LogP contribution is 2.26. The van der Waals surface area contributed by atoms with Crippen molar-refractivity contribution in [2.45, 2.75) is 13.0 Å². The molecule has 0 aliphatic carbocycles. The minimum absolute atomic E-state index is 0.0701. The van der Waals surface area contributed by atoms with Crippen molar-refractivity contribution < 1.29 is 0 Å². The van der Waals surface area contributed by atoms with Gasteiger partial charge in [0.15, 0.2) is 0 Å². The summed E-state index contributed by atoms with van der Waals surface area (Å²) in [7, 11) is 0. The highest BCUT2D eigenvalue weighted by Gasteiger charge is 2.12. The number of imidazole rings is 1. The van der Waals surface area contributed by atoms with Crippen molar-refractivity contribution >= 4 is 34.5 Å². The standard InChI is InChI=1S/C23H19ClN8/c1-14(15-5-3-2-4-6-15)28-23-26-10-9-21(31-23)32-13-27-18-11-16(7-8-19(18)32)17-12-20(24)30-22(25)29-17/h2-14H,1H3,(H2,25,29,30)(H,26,28,31). The van der Waals surface area contributed by atoms with Crippen LogP contribution in [0.4, 0.5) is 11.9 Å². The first-order chi connectivity index (χ1) is 15.6. The molecule has 0 bridgehead atoms. The Labute approximate surface area is 189 Å². The molecule has 5 rings (SSSR count). The molecule has 3 heterocycles. The summed E-state index contributed by atoms with van der Waals surface area (Å²) in [6.07, 6.45) is 3.47. The summed E-state index contributed by atoms with van der Waals surface area (Å²) < 4.78 is 1.92. The lowest BCUT2D eigenvalue weighted by Crippen LogP contribution is -2.10. The molecule has 0 spiro atoms. The number of rotatable bonds is 5. The fourth-order valence-electron chi connectivity index (χ4n) is 3.51. The van der Waals surface area contributed by atoms with Crippen molar-refractivity contribution in [1.82, 2.24) is 29.5 Å². The van der Waals surface area contributed by atoms with Gasteiger partial charge in [-0.15, -0.1) is 0 Å². The summed E-state index contributed by atoms with van der Waals surface area (Å²) in [4.78, 5) is 21.8. The molecule has 32 heavy (non-hydrogen) atoms. The number of anilines is 2.